The fraction of sp³-hybridized carbons (Fsp3) is 0.579. The van der Waals surface area contributed by atoms with Gasteiger partial charge in [-0.3, -0.25) is 9.59 Å². The molecule has 23 heavy (non-hydrogen) atoms. The number of nitrogens with one attached hydrogen (secondary N) is 1. The Kier molecular flexibility index (Phi) is 4.17. The van der Waals surface area contributed by atoms with Crippen LogP contribution in [0.1, 0.15) is 57.1 Å². The van der Waals surface area contributed by atoms with Crippen LogP contribution in [0.25, 0.3) is 0 Å². The van der Waals surface area contributed by atoms with Gasteiger partial charge in [0.1, 0.15) is 6.54 Å². The molecule has 0 atom stereocenters. The largest absolute Gasteiger partial charge is 0.352 e. The fourth-order valence-electron chi connectivity index (χ4n) is 3.77. The Hall–Kier alpha value is -1.84. The zero-order valence-corrected chi connectivity index (χ0v) is 14.3. The van der Waals surface area contributed by atoms with E-state index in [1.165, 1.54) is 19.3 Å². The molecule has 1 N–H and O–H groups in total. The molecule has 1 aliphatic carbocycles. The second-order valence-electron chi connectivity index (χ2n) is 7.44. The predicted octanol–water partition coefficient (Wildman–Crippen LogP) is 3.07. The molecule has 0 unspecified atom stereocenters. The molecule has 0 spiro atoms. The van der Waals surface area contributed by atoms with Crippen LogP contribution in [0.5, 0.6) is 0 Å². The van der Waals surface area contributed by atoms with E-state index >= 15 is 0 Å². The lowest BCUT2D eigenvalue weighted by Gasteiger charge is -2.25. The monoisotopic (exact) mass is 314 g/mol. The van der Waals surface area contributed by atoms with Gasteiger partial charge in [0.25, 0.3) is 0 Å². The first-order valence-electron chi connectivity index (χ1n) is 8.62. The number of aryl methyl sites for hydroxylation is 1. The highest BCUT2D eigenvalue weighted by Gasteiger charge is 2.44. The van der Waals surface area contributed by atoms with Gasteiger partial charge in [0.15, 0.2) is 0 Å². The van der Waals surface area contributed by atoms with Gasteiger partial charge < -0.3 is 10.2 Å². The van der Waals surface area contributed by atoms with Crippen LogP contribution in [0.2, 0.25) is 0 Å². The molecule has 4 nitrogen and oxygen atoms in total. The molecule has 1 aromatic carbocycles. The minimum Gasteiger partial charge on any atom is -0.352 e. The molecular weight excluding hydrogens is 288 g/mol. The van der Waals surface area contributed by atoms with Crippen molar-refractivity contribution in [1.82, 2.24) is 5.32 Å². The molecule has 2 amide bonds. The van der Waals surface area contributed by atoms with Crippen molar-refractivity contribution in [3.8, 4) is 0 Å². The third-order valence-corrected chi connectivity index (χ3v) is 5.17. The van der Waals surface area contributed by atoms with Gasteiger partial charge in [-0.2, -0.15) is 0 Å². The van der Waals surface area contributed by atoms with Gasteiger partial charge in [0.2, 0.25) is 11.8 Å². The maximum atomic E-state index is 12.8. The summed E-state index contributed by atoms with van der Waals surface area (Å²) in [5.74, 6) is -0.0358. The Bertz CT molecular complexity index is 630. The van der Waals surface area contributed by atoms with Crippen molar-refractivity contribution in [2.24, 2.45) is 0 Å². The highest BCUT2D eigenvalue weighted by atomic mass is 16.2. The highest BCUT2D eigenvalue weighted by Crippen LogP contribution is 2.41. The van der Waals surface area contributed by atoms with Gasteiger partial charge in [-0.1, -0.05) is 37.0 Å². The number of anilines is 1. The second-order valence-corrected chi connectivity index (χ2v) is 7.44. The smallest absolute Gasteiger partial charge is 0.240 e. The molecule has 1 heterocycles. The molecule has 0 saturated heterocycles. The van der Waals surface area contributed by atoms with Crippen molar-refractivity contribution in [2.75, 3.05) is 11.4 Å². The number of hydrogen-bond acceptors (Lipinski definition) is 2. The first kappa shape index (κ1) is 16.0. The van der Waals surface area contributed by atoms with Gasteiger partial charge in [0.05, 0.1) is 5.41 Å². The average Bonchev–Trinajstić information content (AvgIpc) is 2.69. The number of hydrogen-bond donors (Lipinski definition) is 1. The lowest BCUT2D eigenvalue weighted by Crippen LogP contribution is -2.45. The first-order valence-corrected chi connectivity index (χ1v) is 8.62. The molecule has 4 heteroatoms. The van der Waals surface area contributed by atoms with E-state index in [-0.39, 0.29) is 24.4 Å². The quantitative estimate of drug-likeness (QED) is 0.932. The number of rotatable bonds is 3. The topological polar surface area (TPSA) is 49.4 Å². The second kappa shape index (κ2) is 5.99. The highest BCUT2D eigenvalue weighted by molar-refractivity contribution is 6.10. The van der Waals surface area contributed by atoms with Gasteiger partial charge in [-0.15, -0.1) is 0 Å². The normalized spacial score (nSPS) is 20.5. The summed E-state index contributed by atoms with van der Waals surface area (Å²) in [5, 5.41) is 3.10. The Morgan fingerprint density at radius 3 is 2.65 bits per heavy atom. The molecule has 0 aromatic heterocycles. The van der Waals surface area contributed by atoms with Crippen LogP contribution in [0.3, 0.4) is 0 Å². The summed E-state index contributed by atoms with van der Waals surface area (Å²) >= 11 is 0. The van der Waals surface area contributed by atoms with Crippen molar-refractivity contribution in [3.63, 3.8) is 0 Å². The summed E-state index contributed by atoms with van der Waals surface area (Å²) in [6, 6.07) is 6.30. The maximum absolute atomic E-state index is 12.8. The number of carbonyl (C=O) groups is 2. The van der Waals surface area contributed by atoms with Crippen molar-refractivity contribution >= 4 is 17.5 Å². The molecule has 1 fully saturated rings. The van der Waals surface area contributed by atoms with Crippen LogP contribution in [0.4, 0.5) is 5.69 Å². The zero-order valence-electron chi connectivity index (χ0n) is 14.3. The van der Waals surface area contributed by atoms with E-state index in [1.807, 2.05) is 32.9 Å². The first-order chi connectivity index (χ1) is 10.9. The Morgan fingerprint density at radius 2 is 1.96 bits per heavy atom. The zero-order chi connectivity index (χ0) is 16.6. The molecule has 124 valence electrons. The molecule has 1 aliphatic heterocycles. The third-order valence-electron chi connectivity index (χ3n) is 5.17. The van der Waals surface area contributed by atoms with E-state index in [0.717, 1.165) is 29.7 Å². The number of fused-ring (bicyclic) bond motifs is 1. The van der Waals surface area contributed by atoms with Crippen LogP contribution in [-0.4, -0.2) is 24.4 Å². The summed E-state index contributed by atoms with van der Waals surface area (Å²) in [6.07, 6.45) is 5.74. The van der Waals surface area contributed by atoms with Crippen LogP contribution in [0.15, 0.2) is 18.2 Å². The summed E-state index contributed by atoms with van der Waals surface area (Å²) in [6.45, 7) is 6.02. The van der Waals surface area contributed by atoms with Crippen LogP contribution in [0, 0.1) is 6.92 Å². The standard InChI is InChI=1S/C19H26N2O2/c1-13-9-10-16-15(11-13)19(2,3)18(23)21(16)12-17(22)20-14-7-5-4-6-8-14/h9-11,14H,4-8,12H2,1-3H3,(H,20,22). The Balaban J connectivity index is 1.75. The lowest BCUT2D eigenvalue weighted by atomic mass is 9.85. The fourth-order valence-corrected chi connectivity index (χ4v) is 3.77. The Labute approximate surface area is 138 Å². The minimum atomic E-state index is -0.563. The van der Waals surface area contributed by atoms with Crippen molar-refractivity contribution in [2.45, 2.75) is 64.3 Å². The molecular formula is C19H26N2O2. The molecule has 1 saturated carbocycles. The van der Waals surface area contributed by atoms with Gasteiger partial charge in [-0.05, 0) is 45.2 Å². The van der Waals surface area contributed by atoms with E-state index in [1.54, 1.807) is 4.90 Å². The molecule has 0 radical (unpaired) electrons. The van der Waals surface area contributed by atoms with E-state index in [2.05, 4.69) is 11.4 Å². The van der Waals surface area contributed by atoms with E-state index in [4.69, 9.17) is 0 Å². The van der Waals surface area contributed by atoms with Crippen LogP contribution >= 0.6 is 0 Å². The van der Waals surface area contributed by atoms with Crippen molar-refractivity contribution in [1.29, 1.82) is 0 Å². The lowest BCUT2D eigenvalue weighted by molar-refractivity contribution is -0.126. The summed E-state index contributed by atoms with van der Waals surface area (Å²) in [5.41, 5.74) is 2.47. The summed E-state index contributed by atoms with van der Waals surface area (Å²) in [4.78, 5) is 26.8. The van der Waals surface area contributed by atoms with Crippen molar-refractivity contribution in [3.05, 3.63) is 29.3 Å². The van der Waals surface area contributed by atoms with Gasteiger partial charge in [-0.25, -0.2) is 0 Å². The van der Waals surface area contributed by atoms with Gasteiger partial charge in [0, 0.05) is 11.7 Å². The molecule has 3 rings (SSSR count). The van der Waals surface area contributed by atoms with Crippen LogP contribution in [-0.2, 0) is 15.0 Å². The van der Waals surface area contributed by atoms with E-state index < -0.39 is 5.41 Å². The summed E-state index contributed by atoms with van der Waals surface area (Å²) in [7, 11) is 0. The van der Waals surface area contributed by atoms with E-state index in [9.17, 15) is 9.59 Å². The average molecular weight is 314 g/mol. The van der Waals surface area contributed by atoms with Gasteiger partial charge >= 0.3 is 0 Å². The number of amides is 2. The third kappa shape index (κ3) is 2.99. The minimum absolute atomic E-state index is 0.0110. The molecule has 2 aliphatic rings. The number of benzene rings is 1. The van der Waals surface area contributed by atoms with E-state index in [0.29, 0.717) is 0 Å². The molecule has 0 bridgehead atoms. The molecule has 1 aromatic rings. The Morgan fingerprint density at radius 1 is 1.26 bits per heavy atom. The van der Waals surface area contributed by atoms with Crippen LogP contribution < -0.4 is 10.2 Å². The summed E-state index contributed by atoms with van der Waals surface area (Å²) < 4.78 is 0. The predicted molar refractivity (Wildman–Crippen MR) is 91.6 cm³/mol. The number of carbonyl (C=O) groups excluding carboxylic acids is 2. The SMILES string of the molecule is Cc1ccc2c(c1)C(C)(C)C(=O)N2CC(=O)NC1CCCCC1. The number of nitrogens with zero attached hydrogens (tertiary/aromatic N) is 1. The maximum Gasteiger partial charge on any atom is 0.240 e. The van der Waals surface area contributed by atoms with Crippen molar-refractivity contribution < 1.29 is 9.59 Å².